The van der Waals surface area contributed by atoms with Crippen molar-refractivity contribution >= 4 is 16.1 Å². The topological polar surface area (TPSA) is 106 Å². The Hall–Kier alpha value is -3.47. The summed E-state index contributed by atoms with van der Waals surface area (Å²) in [5.74, 6) is 2.05. The highest BCUT2D eigenvalue weighted by atomic mass is 32.2. The van der Waals surface area contributed by atoms with Crippen molar-refractivity contribution in [2.24, 2.45) is 0 Å². The van der Waals surface area contributed by atoms with Crippen molar-refractivity contribution in [1.29, 1.82) is 0 Å². The molecule has 0 aromatic heterocycles. The Kier molecular flexibility index (Phi) is 9.97. The molecule has 0 spiro atoms. The molecule has 0 fully saturated rings. The van der Waals surface area contributed by atoms with E-state index in [0.717, 1.165) is 22.0 Å². The highest BCUT2D eigenvalue weighted by molar-refractivity contribution is 7.87. The number of carbonyl (C=O) groups is 1. The number of amides is 1. The van der Waals surface area contributed by atoms with E-state index in [2.05, 4.69) is 20.7 Å². The van der Waals surface area contributed by atoms with Gasteiger partial charge in [0, 0.05) is 20.6 Å². The predicted octanol–water partition coefficient (Wildman–Crippen LogP) is 2.40. The average Bonchev–Trinajstić information content (AvgIpc) is 2.81. The smallest absolute Gasteiger partial charge is 0.493 e. The maximum Gasteiger partial charge on any atom is 0.573 e. The number of rotatable bonds is 12. The fraction of sp³-hybridized carbons (Fsp3) is 0.348. The molecule has 0 bridgehead atoms. The van der Waals surface area contributed by atoms with Gasteiger partial charge in [0.05, 0.1) is 7.11 Å². The van der Waals surface area contributed by atoms with Gasteiger partial charge >= 0.3 is 6.36 Å². The summed E-state index contributed by atoms with van der Waals surface area (Å²) < 4.78 is 79.6. The Balaban J connectivity index is 2.15. The summed E-state index contributed by atoms with van der Waals surface area (Å²) in [5.41, 5.74) is 0.906. The summed E-state index contributed by atoms with van der Waals surface area (Å²) in [7, 11) is -0.0615. The van der Waals surface area contributed by atoms with Crippen LogP contribution in [0.1, 0.15) is 17.2 Å². The first-order valence-corrected chi connectivity index (χ1v) is 11.9. The van der Waals surface area contributed by atoms with Gasteiger partial charge in [0.1, 0.15) is 18.4 Å². The van der Waals surface area contributed by atoms with Gasteiger partial charge in [-0.3, -0.25) is 4.79 Å². The highest BCUT2D eigenvalue weighted by Gasteiger charge is 2.32. The molecule has 0 heterocycles. The number of carbonyl (C=O) groups excluding carboxylic acids is 1. The van der Waals surface area contributed by atoms with Crippen LogP contribution in [0.25, 0.3) is 0 Å². The number of methoxy groups -OCH3 is 1. The molecule has 2 rings (SSSR count). The number of hydrogen-bond acceptors (Lipinski definition) is 6. The number of nitrogens with zero attached hydrogens (tertiary/aromatic N) is 1. The highest BCUT2D eigenvalue weighted by Crippen LogP contribution is 2.28. The van der Waals surface area contributed by atoms with Gasteiger partial charge in [0.25, 0.3) is 10.2 Å². The molecule has 0 aliphatic rings. The Morgan fingerprint density at radius 2 is 1.81 bits per heavy atom. The molecule has 0 radical (unpaired) electrons. The molecular formula is C23H26F3N3O6S. The third kappa shape index (κ3) is 8.63. The van der Waals surface area contributed by atoms with Crippen molar-refractivity contribution in [1.82, 2.24) is 14.3 Å². The summed E-state index contributed by atoms with van der Waals surface area (Å²) in [4.78, 5) is 12.9. The summed E-state index contributed by atoms with van der Waals surface area (Å²) >= 11 is 0. The monoisotopic (exact) mass is 529 g/mol. The second-order valence-electron chi connectivity index (χ2n) is 7.47. The number of halogens is 3. The van der Waals surface area contributed by atoms with Crippen LogP contribution in [0.15, 0.2) is 42.5 Å². The van der Waals surface area contributed by atoms with Crippen molar-refractivity contribution in [3.63, 3.8) is 0 Å². The van der Waals surface area contributed by atoms with E-state index in [0.29, 0.717) is 17.9 Å². The van der Waals surface area contributed by atoms with Crippen molar-refractivity contribution in [2.75, 3.05) is 34.4 Å². The van der Waals surface area contributed by atoms with Crippen LogP contribution in [0.5, 0.6) is 17.2 Å². The lowest BCUT2D eigenvalue weighted by Crippen LogP contribution is -2.45. The minimum Gasteiger partial charge on any atom is -0.493 e. The molecule has 1 amide bonds. The number of ether oxygens (including phenoxy) is 3. The molecule has 0 saturated carbocycles. The van der Waals surface area contributed by atoms with Gasteiger partial charge in [-0.15, -0.1) is 19.6 Å². The first-order valence-electron chi connectivity index (χ1n) is 10.4. The zero-order chi connectivity index (χ0) is 26.9. The van der Waals surface area contributed by atoms with E-state index in [9.17, 15) is 26.4 Å². The summed E-state index contributed by atoms with van der Waals surface area (Å²) in [6.07, 6.45) is 0.666. The maximum absolute atomic E-state index is 12.9. The fourth-order valence-electron chi connectivity index (χ4n) is 2.93. The van der Waals surface area contributed by atoms with Crippen molar-refractivity contribution in [3.8, 4) is 29.6 Å². The second kappa shape index (κ2) is 12.5. The van der Waals surface area contributed by atoms with Crippen molar-refractivity contribution in [2.45, 2.75) is 18.8 Å². The molecule has 2 aromatic rings. The molecule has 1 unspecified atom stereocenters. The van der Waals surface area contributed by atoms with Gasteiger partial charge < -0.3 is 19.5 Å². The number of alkyl halides is 3. The summed E-state index contributed by atoms with van der Waals surface area (Å²) in [5, 5.41) is 2.64. The van der Waals surface area contributed by atoms with Gasteiger partial charge in [-0.05, 0) is 41.8 Å². The van der Waals surface area contributed by atoms with Gasteiger partial charge in [-0.2, -0.15) is 17.4 Å². The van der Waals surface area contributed by atoms with Crippen molar-refractivity contribution in [3.05, 3.63) is 53.6 Å². The van der Waals surface area contributed by atoms with Gasteiger partial charge in [0.2, 0.25) is 5.91 Å². The van der Waals surface area contributed by atoms with E-state index in [1.54, 1.807) is 18.2 Å². The van der Waals surface area contributed by atoms with E-state index in [-0.39, 0.29) is 18.7 Å². The molecule has 13 heteroatoms. The van der Waals surface area contributed by atoms with Gasteiger partial charge in [0.15, 0.2) is 11.5 Å². The maximum atomic E-state index is 12.9. The average molecular weight is 530 g/mol. The molecular weight excluding hydrogens is 503 g/mol. The zero-order valence-corrected chi connectivity index (χ0v) is 20.6. The van der Waals surface area contributed by atoms with E-state index in [1.807, 2.05) is 0 Å². The van der Waals surface area contributed by atoms with E-state index < -0.39 is 34.3 Å². The SMILES string of the molecule is C#CCOc1ccc(CCNC(=O)C(NS(=O)(=O)N(C)C)c2ccc(OC(F)(F)F)cc2)cc1OC. The summed E-state index contributed by atoms with van der Waals surface area (Å²) in [6, 6.07) is 8.05. The van der Waals surface area contributed by atoms with Crippen molar-refractivity contribution < 1.29 is 40.6 Å². The van der Waals surface area contributed by atoms with Gasteiger partial charge in [-0.1, -0.05) is 24.1 Å². The largest absolute Gasteiger partial charge is 0.573 e. The van der Waals surface area contributed by atoms with Gasteiger partial charge in [-0.25, -0.2) is 0 Å². The first-order chi connectivity index (χ1) is 16.9. The number of terminal acetylenes is 1. The minimum absolute atomic E-state index is 0.0688. The third-order valence-corrected chi connectivity index (χ3v) is 6.20. The second-order valence-corrected chi connectivity index (χ2v) is 9.39. The Morgan fingerprint density at radius 3 is 2.36 bits per heavy atom. The van der Waals surface area contributed by atoms with Crippen LogP contribution < -0.4 is 24.2 Å². The third-order valence-electron chi connectivity index (χ3n) is 4.71. The normalized spacial score (nSPS) is 12.5. The molecule has 1 atom stereocenters. The first kappa shape index (κ1) is 28.8. The van der Waals surface area contributed by atoms with Crippen LogP contribution in [0.3, 0.4) is 0 Å². The number of nitrogens with one attached hydrogen (secondary N) is 2. The lowest BCUT2D eigenvalue weighted by atomic mass is 10.1. The molecule has 36 heavy (non-hydrogen) atoms. The minimum atomic E-state index is -4.89. The zero-order valence-electron chi connectivity index (χ0n) is 19.8. The fourth-order valence-corrected chi connectivity index (χ4v) is 3.68. The van der Waals surface area contributed by atoms with Crippen LogP contribution in [0, 0.1) is 12.3 Å². The molecule has 2 N–H and O–H groups in total. The lowest BCUT2D eigenvalue weighted by Gasteiger charge is -2.21. The lowest BCUT2D eigenvalue weighted by molar-refractivity contribution is -0.274. The van der Waals surface area contributed by atoms with Crippen LogP contribution in [-0.4, -0.2) is 59.3 Å². The molecule has 196 valence electrons. The molecule has 0 aliphatic carbocycles. The van der Waals surface area contributed by atoms with E-state index >= 15 is 0 Å². The number of hydrogen-bond donors (Lipinski definition) is 2. The van der Waals surface area contributed by atoms with Crippen LogP contribution in [-0.2, 0) is 21.4 Å². The van der Waals surface area contributed by atoms with Crippen LogP contribution in [0.4, 0.5) is 13.2 Å². The Bertz CT molecular complexity index is 1180. The molecule has 2 aromatic carbocycles. The molecule has 9 nitrogen and oxygen atoms in total. The number of benzene rings is 2. The summed E-state index contributed by atoms with van der Waals surface area (Å²) in [6.45, 7) is 0.196. The van der Waals surface area contributed by atoms with E-state index in [4.69, 9.17) is 15.9 Å². The standard InChI is InChI=1S/C23H26F3N3O6S/c1-5-14-34-19-11-6-16(15-20(19)33-4)12-13-27-22(30)21(28-36(31,32)29(2)3)17-7-9-18(10-8-17)35-23(24,25)26/h1,6-11,15,21,28H,12-14H2,2-4H3,(H,27,30). The quantitative estimate of drug-likeness (QED) is 0.409. The van der Waals surface area contributed by atoms with Crippen LogP contribution >= 0.6 is 0 Å². The van der Waals surface area contributed by atoms with E-state index in [1.165, 1.54) is 33.3 Å². The molecule has 0 saturated heterocycles. The Labute approximate surface area is 207 Å². The Morgan fingerprint density at radius 1 is 1.14 bits per heavy atom. The van der Waals surface area contributed by atoms with Crippen LogP contribution in [0.2, 0.25) is 0 Å². The predicted molar refractivity (Wildman–Crippen MR) is 126 cm³/mol. The molecule has 0 aliphatic heterocycles.